The highest BCUT2D eigenvalue weighted by Crippen LogP contribution is 1.99. The molecule has 0 saturated heterocycles. The maximum Gasteiger partial charge on any atom is 0.307 e. The van der Waals surface area contributed by atoms with Crippen molar-refractivity contribution in [2.24, 2.45) is 5.92 Å². The van der Waals surface area contributed by atoms with Crippen molar-refractivity contribution < 1.29 is 18.5 Å². The van der Waals surface area contributed by atoms with E-state index in [9.17, 15) is 13.4 Å². The van der Waals surface area contributed by atoms with E-state index in [0.717, 1.165) is 0 Å². The average molecular weight is 196 g/mol. The number of halogens is 1. The van der Waals surface area contributed by atoms with Crippen LogP contribution in [0, 0.1) is 5.92 Å². The zero-order valence-corrected chi connectivity index (χ0v) is 7.77. The van der Waals surface area contributed by atoms with Gasteiger partial charge in [-0.1, -0.05) is 6.92 Å². The fourth-order valence-electron chi connectivity index (χ4n) is 0.649. The molecule has 3 nitrogen and oxygen atoms in total. The topological polar surface area (TPSA) is 54.4 Å². The second kappa shape index (κ2) is 6.11. The van der Waals surface area contributed by atoms with Crippen molar-refractivity contribution >= 4 is 16.8 Å². The lowest BCUT2D eigenvalue weighted by Crippen LogP contribution is -2.18. The van der Waals surface area contributed by atoms with Crippen LogP contribution in [-0.4, -0.2) is 33.5 Å². The molecule has 5 heteroatoms. The van der Waals surface area contributed by atoms with Crippen LogP contribution in [0.3, 0.4) is 0 Å². The molecule has 0 aliphatic rings. The summed E-state index contributed by atoms with van der Waals surface area (Å²) in [4.78, 5) is 10.3. The number of alkyl halides is 1. The van der Waals surface area contributed by atoms with Gasteiger partial charge in [0.25, 0.3) is 0 Å². The van der Waals surface area contributed by atoms with E-state index in [0.29, 0.717) is 0 Å². The first kappa shape index (κ1) is 11.6. The van der Waals surface area contributed by atoms with Gasteiger partial charge in [-0.25, -0.2) is 0 Å². The fourth-order valence-corrected chi connectivity index (χ4v) is 1.95. The summed E-state index contributed by atoms with van der Waals surface area (Å²) >= 11 is 0. The molecule has 0 amide bonds. The van der Waals surface area contributed by atoms with Crippen LogP contribution < -0.4 is 0 Å². The number of hydrogen-bond donors (Lipinski definition) is 1. The Morgan fingerprint density at radius 2 is 2.25 bits per heavy atom. The van der Waals surface area contributed by atoms with Crippen molar-refractivity contribution in [1.82, 2.24) is 0 Å². The molecule has 0 bridgehead atoms. The highest BCUT2D eigenvalue weighted by Gasteiger charge is 2.13. The first-order valence-corrected chi connectivity index (χ1v) is 5.20. The number of carbonyl (C=O) groups is 1. The van der Waals surface area contributed by atoms with Crippen LogP contribution >= 0.6 is 0 Å². The minimum absolute atomic E-state index is 0.120. The highest BCUT2D eigenvalue weighted by atomic mass is 32.2. The summed E-state index contributed by atoms with van der Waals surface area (Å²) in [7, 11) is -1.19. The van der Waals surface area contributed by atoms with Gasteiger partial charge >= 0.3 is 5.97 Å². The SMILES string of the molecule is CC(CS(=O)CCCF)C(=O)O. The first-order chi connectivity index (χ1) is 5.57. The van der Waals surface area contributed by atoms with Gasteiger partial charge in [0.15, 0.2) is 0 Å². The highest BCUT2D eigenvalue weighted by molar-refractivity contribution is 7.85. The van der Waals surface area contributed by atoms with Crippen LogP contribution in [0.25, 0.3) is 0 Å². The number of aliphatic carboxylic acids is 1. The van der Waals surface area contributed by atoms with E-state index in [-0.39, 0.29) is 17.9 Å². The third-order valence-corrected chi connectivity index (χ3v) is 2.98. The van der Waals surface area contributed by atoms with Gasteiger partial charge in [-0.3, -0.25) is 13.4 Å². The molecule has 72 valence electrons. The van der Waals surface area contributed by atoms with Gasteiger partial charge in [-0.2, -0.15) is 0 Å². The molecular formula is C7H13FO3S. The molecule has 0 aromatic rings. The summed E-state index contributed by atoms with van der Waals surface area (Å²) in [5.74, 6) is -1.18. The van der Waals surface area contributed by atoms with E-state index in [1.54, 1.807) is 0 Å². The molecular weight excluding hydrogens is 183 g/mol. The zero-order chi connectivity index (χ0) is 9.56. The zero-order valence-electron chi connectivity index (χ0n) is 6.96. The van der Waals surface area contributed by atoms with Crippen molar-refractivity contribution in [3.63, 3.8) is 0 Å². The van der Waals surface area contributed by atoms with Gasteiger partial charge < -0.3 is 5.11 Å². The summed E-state index contributed by atoms with van der Waals surface area (Å²) in [6, 6.07) is 0. The van der Waals surface area contributed by atoms with Crippen LogP contribution in [0.15, 0.2) is 0 Å². The first-order valence-electron chi connectivity index (χ1n) is 3.71. The molecule has 0 fully saturated rings. The lowest BCUT2D eigenvalue weighted by Gasteiger charge is -2.04. The van der Waals surface area contributed by atoms with Gasteiger partial charge in [0.1, 0.15) is 0 Å². The normalized spacial score (nSPS) is 15.5. The van der Waals surface area contributed by atoms with E-state index in [2.05, 4.69) is 0 Å². The quantitative estimate of drug-likeness (QED) is 0.684. The van der Waals surface area contributed by atoms with Crippen LogP contribution in [0.2, 0.25) is 0 Å². The summed E-state index contributed by atoms with van der Waals surface area (Å²) in [6.45, 7) is 1.00. The summed E-state index contributed by atoms with van der Waals surface area (Å²) < 4.78 is 22.6. The third kappa shape index (κ3) is 5.23. The molecule has 0 heterocycles. The maximum absolute atomic E-state index is 11.6. The number of carboxylic acids is 1. The second-order valence-electron chi connectivity index (χ2n) is 2.59. The van der Waals surface area contributed by atoms with E-state index >= 15 is 0 Å². The van der Waals surface area contributed by atoms with E-state index in [4.69, 9.17) is 5.11 Å². The van der Waals surface area contributed by atoms with E-state index in [1.807, 2.05) is 0 Å². The summed E-state index contributed by atoms with van der Waals surface area (Å²) in [6.07, 6.45) is 0.249. The minimum Gasteiger partial charge on any atom is -0.481 e. The largest absolute Gasteiger partial charge is 0.481 e. The van der Waals surface area contributed by atoms with Crippen LogP contribution in [0.1, 0.15) is 13.3 Å². The third-order valence-electron chi connectivity index (χ3n) is 1.36. The molecule has 0 spiro atoms. The molecule has 12 heavy (non-hydrogen) atoms. The molecule has 1 N–H and O–H groups in total. The van der Waals surface area contributed by atoms with Gasteiger partial charge in [0.2, 0.25) is 0 Å². The van der Waals surface area contributed by atoms with E-state index in [1.165, 1.54) is 6.92 Å². The summed E-state index contributed by atoms with van der Waals surface area (Å²) in [5.41, 5.74) is 0. The van der Waals surface area contributed by atoms with Crippen molar-refractivity contribution in [2.75, 3.05) is 18.2 Å². The Hall–Kier alpha value is -0.450. The van der Waals surface area contributed by atoms with Crippen LogP contribution in [0.5, 0.6) is 0 Å². The number of hydrogen-bond acceptors (Lipinski definition) is 2. The Kier molecular flexibility index (Phi) is 5.88. The average Bonchev–Trinajstić information content (AvgIpc) is 2.00. The lowest BCUT2D eigenvalue weighted by atomic mass is 10.2. The Balaban J connectivity index is 3.61. The van der Waals surface area contributed by atoms with Crippen LogP contribution in [0.4, 0.5) is 4.39 Å². The van der Waals surface area contributed by atoms with Crippen molar-refractivity contribution in [3.8, 4) is 0 Å². The Morgan fingerprint density at radius 1 is 1.67 bits per heavy atom. The summed E-state index contributed by atoms with van der Waals surface area (Å²) in [5, 5.41) is 8.45. The van der Waals surface area contributed by atoms with Crippen molar-refractivity contribution in [3.05, 3.63) is 0 Å². The van der Waals surface area contributed by atoms with Crippen molar-refractivity contribution in [1.29, 1.82) is 0 Å². The Bertz CT molecular complexity index is 172. The molecule has 0 aliphatic carbocycles. The van der Waals surface area contributed by atoms with Crippen LogP contribution in [-0.2, 0) is 15.6 Å². The molecule has 0 rings (SSSR count). The smallest absolute Gasteiger partial charge is 0.307 e. The maximum atomic E-state index is 11.6. The lowest BCUT2D eigenvalue weighted by molar-refractivity contribution is -0.140. The molecule has 2 unspecified atom stereocenters. The van der Waals surface area contributed by atoms with Gasteiger partial charge in [0, 0.05) is 22.3 Å². The van der Waals surface area contributed by atoms with Crippen molar-refractivity contribution in [2.45, 2.75) is 13.3 Å². The van der Waals surface area contributed by atoms with E-state index < -0.39 is 29.4 Å². The van der Waals surface area contributed by atoms with Gasteiger partial charge in [-0.15, -0.1) is 0 Å². The molecule has 0 aromatic heterocycles. The predicted octanol–water partition coefficient (Wildman–Crippen LogP) is 0.815. The monoisotopic (exact) mass is 196 g/mol. The molecule has 0 saturated carbocycles. The molecule has 2 atom stereocenters. The Labute approximate surface area is 73.4 Å². The molecule has 0 aliphatic heterocycles. The fraction of sp³-hybridized carbons (Fsp3) is 0.857. The number of carboxylic acid groups (broad SMARTS) is 1. The number of rotatable bonds is 6. The molecule has 0 radical (unpaired) electrons. The standard InChI is InChI=1S/C7H13FO3S/c1-6(7(9)10)5-12(11)4-2-3-8/h6H,2-5H2,1H3,(H,9,10). The molecule has 0 aromatic carbocycles. The Morgan fingerprint density at radius 3 is 2.67 bits per heavy atom. The van der Waals surface area contributed by atoms with Gasteiger partial charge in [0.05, 0.1) is 12.6 Å². The second-order valence-corrected chi connectivity index (χ2v) is 4.21. The van der Waals surface area contributed by atoms with Gasteiger partial charge in [-0.05, 0) is 6.42 Å². The minimum atomic E-state index is -1.19. The predicted molar refractivity (Wildman–Crippen MR) is 45.3 cm³/mol.